The van der Waals surface area contributed by atoms with Gasteiger partial charge in [0.2, 0.25) is 0 Å². The quantitative estimate of drug-likeness (QED) is 0.620. The minimum Gasteiger partial charge on any atom is -0.480 e. The van der Waals surface area contributed by atoms with Crippen molar-refractivity contribution in [3.63, 3.8) is 0 Å². The van der Waals surface area contributed by atoms with Crippen molar-refractivity contribution >= 4 is 5.97 Å². The maximum absolute atomic E-state index is 10.3. The summed E-state index contributed by atoms with van der Waals surface area (Å²) in [6.45, 7) is 4.29. The molecule has 3 heteroatoms. The van der Waals surface area contributed by atoms with Crippen LogP contribution in [0.5, 0.6) is 0 Å². The van der Waals surface area contributed by atoms with E-state index in [0.717, 1.165) is 12.8 Å². The van der Waals surface area contributed by atoms with Gasteiger partial charge in [0, 0.05) is 0 Å². The van der Waals surface area contributed by atoms with Crippen LogP contribution >= 0.6 is 0 Å². The summed E-state index contributed by atoms with van der Waals surface area (Å²) in [5.41, 5.74) is 5.33. The van der Waals surface area contributed by atoms with E-state index in [1.807, 2.05) is 6.08 Å². The summed E-state index contributed by atoms with van der Waals surface area (Å²) in [6.07, 6.45) is 6.40. The van der Waals surface area contributed by atoms with Crippen molar-refractivity contribution < 1.29 is 9.90 Å². The van der Waals surface area contributed by atoms with Gasteiger partial charge in [-0.1, -0.05) is 26.0 Å². The first-order valence-electron chi connectivity index (χ1n) is 4.67. The predicted octanol–water partition coefficient (Wildman–Crippen LogP) is 1.78. The molecule has 0 aliphatic heterocycles. The van der Waals surface area contributed by atoms with Gasteiger partial charge < -0.3 is 10.8 Å². The molecule has 76 valence electrons. The molecular formula is C10H19NO2. The van der Waals surface area contributed by atoms with Gasteiger partial charge in [0.05, 0.1) is 0 Å². The van der Waals surface area contributed by atoms with E-state index < -0.39 is 12.0 Å². The highest BCUT2D eigenvalue weighted by Gasteiger charge is 2.08. The molecule has 0 saturated heterocycles. The standard InChI is InChI=1S/C10H19NO2/c1-8(2)6-4-3-5-7-9(11)10(12)13/h3-4,8-9H,5-7,11H2,1-2H3,(H,12,13)/b4-3+. The van der Waals surface area contributed by atoms with Crippen LogP contribution in [0.15, 0.2) is 12.2 Å². The molecule has 0 radical (unpaired) electrons. The first-order valence-corrected chi connectivity index (χ1v) is 4.67. The Morgan fingerprint density at radius 3 is 2.54 bits per heavy atom. The Morgan fingerprint density at radius 1 is 1.46 bits per heavy atom. The molecule has 0 fully saturated rings. The summed E-state index contributed by atoms with van der Waals surface area (Å²) >= 11 is 0. The van der Waals surface area contributed by atoms with E-state index in [0.29, 0.717) is 12.3 Å². The lowest BCUT2D eigenvalue weighted by Gasteiger charge is -2.02. The van der Waals surface area contributed by atoms with E-state index in [-0.39, 0.29) is 0 Å². The van der Waals surface area contributed by atoms with Gasteiger partial charge in [-0.05, 0) is 25.2 Å². The van der Waals surface area contributed by atoms with E-state index in [1.165, 1.54) is 0 Å². The Balaban J connectivity index is 3.44. The maximum Gasteiger partial charge on any atom is 0.320 e. The summed E-state index contributed by atoms with van der Waals surface area (Å²) < 4.78 is 0. The molecule has 1 atom stereocenters. The van der Waals surface area contributed by atoms with Crippen molar-refractivity contribution in [3.8, 4) is 0 Å². The summed E-state index contributed by atoms with van der Waals surface area (Å²) in [5, 5.41) is 8.48. The predicted molar refractivity (Wildman–Crippen MR) is 53.4 cm³/mol. The van der Waals surface area contributed by atoms with Crippen LogP contribution in [0.3, 0.4) is 0 Å². The van der Waals surface area contributed by atoms with E-state index in [1.54, 1.807) is 0 Å². The Labute approximate surface area is 79.6 Å². The highest BCUT2D eigenvalue weighted by molar-refractivity contribution is 5.72. The van der Waals surface area contributed by atoms with Gasteiger partial charge >= 0.3 is 5.97 Å². The van der Waals surface area contributed by atoms with Crippen LogP contribution < -0.4 is 5.73 Å². The number of nitrogens with two attached hydrogens (primary N) is 1. The molecule has 0 amide bonds. The van der Waals surface area contributed by atoms with Crippen LogP contribution in [-0.4, -0.2) is 17.1 Å². The molecular weight excluding hydrogens is 166 g/mol. The lowest BCUT2D eigenvalue weighted by Crippen LogP contribution is -2.29. The maximum atomic E-state index is 10.3. The molecule has 0 aliphatic carbocycles. The van der Waals surface area contributed by atoms with E-state index in [2.05, 4.69) is 19.9 Å². The van der Waals surface area contributed by atoms with Crippen LogP contribution in [0.25, 0.3) is 0 Å². The van der Waals surface area contributed by atoms with Crippen molar-refractivity contribution in [3.05, 3.63) is 12.2 Å². The number of allylic oxidation sites excluding steroid dienone is 2. The molecule has 0 spiro atoms. The van der Waals surface area contributed by atoms with Gasteiger partial charge in [0.15, 0.2) is 0 Å². The summed E-state index contributed by atoms with van der Waals surface area (Å²) in [4.78, 5) is 10.3. The Morgan fingerprint density at radius 2 is 2.08 bits per heavy atom. The van der Waals surface area contributed by atoms with Crippen molar-refractivity contribution in [2.45, 2.75) is 39.2 Å². The number of carboxylic acids is 1. The van der Waals surface area contributed by atoms with Gasteiger partial charge in [-0.2, -0.15) is 0 Å². The third-order valence-corrected chi connectivity index (χ3v) is 1.74. The zero-order chi connectivity index (χ0) is 10.3. The third kappa shape index (κ3) is 7.53. The second kappa shape index (κ2) is 6.66. The average Bonchev–Trinajstić information content (AvgIpc) is 2.02. The van der Waals surface area contributed by atoms with Gasteiger partial charge in [-0.3, -0.25) is 4.79 Å². The number of aliphatic carboxylic acids is 1. The van der Waals surface area contributed by atoms with Gasteiger partial charge in [0.25, 0.3) is 0 Å². The molecule has 0 aliphatic rings. The fourth-order valence-corrected chi connectivity index (χ4v) is 0.886. The highest BCUT2D eigenvalue weighted by Crippen LogP contribution is 2.02. The van der Waals surface area contributed by atoms with Crippen LogP contribution in [0.4, 0.5) is 0 Å². The summed E-state index contributed by atoms with van der Waals surface area (Å²) in [5.74, 6) is -0.262. The molecule has 0 heterocycles. The molecule has 0 aromatic carbocycles. The minimum absolute atomic E-state index is 0.518. The summed E-state index contributed by atoms with van der Waals surface area (Å²) in [7, 11) is 0. The fourth-order valence-electron chi connectivity index (χ4n) is 0.886. The SMILES string of the molecule is CC(C)C/C=C/CCC(N)C(=O)O. The molecule has 0 bridgehead atoms. The van der Waals surface area contributed by atoms with Crippen molar-refractivity contribution in [2.24, 2.45) is 11.7 Å². The first-order chi connectivity index (χ1) is 6.04. The second-order valence-corrected chi connectivity index (χ2v) is 3.62. The van der Waals surface area contributed by atoms with Crippen LogP contribution in [0.2, 0.25) is 0 Å². The van der Waals surface area contributed by atoms with E-state index in [4.69, 9.17) is 10.8 Å². The molecule has 3 nitrogen and oxygen atoms in total. The second-order valence-electron chi connectivity index (χ2n) is 3.62. The smallest absolute Gasteiger partial charge is 0.320 e. The molecule has 0 rings (SSSR count). The highest BCUT2D eigenvalue weighted by atomic mass is 16.4. The van der Waals surface area contributed by atoms with Gasteiger partial charge in [0.1, 0.15) is 6.04 Å². The normalized spacial score (nSPS) is 13.8. The first kappa shape index (κ1) is 12.2. The molecule has 13 heavy (non-hydrogen) atoms. The van der Waals surface area contributed by atoms with Crippen LogP contribution in [-0.2, 0) is 4.79 Å². The fraction of sp³-hybridized carbons (Fsp3) is 0.700. The minimum atomic E-state index is -0.919. The molecule has 1 unspecified atom stereocenters. The van der Waals surface area contributed by atoms with Crippen molar-refractivity contribution in [1.29, 1.82) is 0 Å². The largest absolute Gasteiger partial charge is 0.480 e. The number of carbonyl (C=O) groups is 1. The Bertz CT molecular complexity index is 176. The van der Waals surface area contributed by atoms with Gasteiger partial charge in [-0.25, -0.2) is 0 Å². The van der Waals surface area contributed by atoms with Gasteiger partial charge in [-0.15, -0.1) is 0 Å². The number of hydrogen-bond acceptors (Lipinski definition) is 2. The topological polar surface area (TPSA) is 63.3 Å². The summed E-state index contributed by atoms with van der Waals surface area (Å²) in [6, 6.07) is -0.719. The molecule has 0 aromatic heterocycles. The third-order valence-electron chi connectivity index (χ3n) is 1.74. The number of carboxylic acid groups (broad SMARTS) is 1. The van der Waals surface area contributed by atoms with Crippen LogP contribution in [0, 0.1) is 5.92 Å². The lowest BCUT2D eigenvalue weighted by molar-refractivity contribution is -0.138. The van der Waals surface area contributed by atoms with E-state index in [9.17, 15) is 4.79 Å². The molecule has 0 aromatic rings. The zero-order valence-corrected chi connectivity index (χ0v) is 8.36. The van der Waals surface area contributed by atoms with E-state index >= 15 is 0 Å². The Hall–Kier alpha value is -0.830. The number of rotatable bonds is 6. The monoisotopic (exact) mass is 185 g/mol. The van der Waals surface area contributed by atoms with Crippen molar-refractivity contribution in [1.82, 2.24) is 0 Å². The number of hydrogen-bond donors (Lipinski definition) is 2. The van der Waals surface area contributed by atoms with Crippen molar-refractivity contribution in [2.75, 3.05) is 0 Å². The lowest BCUT2D eigenvalue weighted by atomic mass is 10.1. The Kier molecular flexibility index (Phi) is 6.24. The zero-order valence-electron chi connectivity index (χ0n) is 8.36. The van der Waals surface area contributed by atoms with Crippen LogP contribution in [0.1, 0.15) is 33.1 Å². The average molecular weight is 185 g/mol. The molecule has 0 saturated carbocycles. The molecule has 3 N–H and O–H groups in total.